The fourth-order valence-electron chi connectivity index (χ4n) is 3.51. The van der Waals surface area contributed by atoms with Crippen LogP contribution in [0.1, 0.15) is 12.8 Å². The summed E-state index contributed by atoms with van der Waals surface area (Å²) in [5.41, 5.74) is 1.18. The first-order valence-electron chi connectivity index (χ1n) is 9.74. The van der Waals surface area contributed by atoms with E-state index >= 15 is 0 Å². The lowest BCUT2D eigenvalue weighted by Gasteiger charge is -2.30. The van der Waals surface area contributed by atoms with Crippen LogP contribution >= 0.6 is 11.6 Å². The highest BCUT2D eigenvalue weighted by molar-refractivity contribution is 7.86. The number of piperidine rings is 1. The Morgan fingerprint density at radius 2 is 1.94 bits per heavy atom. The summed E-state index contributed by atoms with van der Waals surface area (Å²) in [6.45, 7) is 0.557. The minimum atomic E-state index is -3.71. The number of methoxy groups -OCH3 is 1. The molecule has 1 aliphatic rings. The Labute approximate surface area is 189 Å². The zero-order valence-electron chi connectivity index (χ0n) is 17.1. The molecule has 12 heteroatoms. The quantitative estimate of drug-likeness (QED) is 0.554. The van der Waals surface area contributed by atoms with E-state index in [1.807, 2.05) is 0 Å². The summed E-state index contributed by atoms with van der Waals surface area (Å²) in [5, 5.41) is 8.97. The number of nitrogens with one attached hydrogen (secondary N) is 1. The first-order chi connectivity index (χ1) is 15.2. The molecule has 3 aromatic rings. The van der Waals surface area contributed by atoms with E-state index < -0.39 is 16.0 Å². The van der Waals surface area contributed by atoms with Gasteiger partial charge in [-0.25, -0.2) is 19.5 Å². The van der Waals surface area contributed by atoms with Crippen LogP contribution in [-0.4, -0.2) is 49.0 Å². The molecule has 0 spiro atoms. The van der Waals surface area contributed by atoms with Gasteiger partial charge in [0.25, 0.3) is 10.2 Å². The summed E-state index contributed by atoms with van der Waals surface area (Å²) in [6.07, 6.45) is 2.17. The van der Waals surface area contributed by atoms with Gasteiger partial charge in [-0.3, -0.25) is 0 Å². The number of aromatic nitrogens is 2. The third-order valence-electron chi connectivity index (χ3n) is 5.16. The third-order valence-corrected chi connectivity index (χ3v) is 6.53. The smallest absolute Gasteiger partial charge is 0.276 e. The first-order valence-corrected chi connectivity index (χ1v) is 11.6. The molecule has 170 valence electrons. The van der Waals surface area contributed by atoms with Crippen LogP contribution in [0.3, 0.4) is 0 Å². The molecule has 1 aromatic heterocycles. The van der Waals surface area contributed by atoms with Crippen LogP contribution in [0, 0.1) is 5.82 Å². The molecular weight excluding hydrogens is 461 g/mol. The average molecular weight is 482 g/mol. The largest absolute Gasteiger partial charge is 0.493 e. The van der Waals surface area contributed by atoms with Gasteiger partial charge in [-0.05, 0) is 37.1 Å². The summed E-state index contributed by atoms with van der Waals surface area (Å²) < 4.78 is 49.4. The highest BCUT2D eigenvalue weighted by Gasteiger charge is 2.27. The maximum absolute atomic E-state index is 13.5. The van der Waals surface area contributed by atoms with Crippen molar-refractivity contribution in [2.24, 2.45) is 5.14 Å². The Kier molecular flexibility index (Phi) is 6.33. The zero-order chi connectivity index (χ0) is 22.9. The monoisotopic (exact) mass is 481 g/mol. The van der Waals surface area contributed by atoms with Crippen molar-refractivity contribution in [2.45, 2.75) is 18.9 Å². The van der Waals surface area contributed by atoms with Gasteiger partial charge in [-0.2, -0.15) is 12.7 Å². The second kappa shape index (κ2) is 9.02. The number of ether oxygens (including phenoxy) is 2. The third kappa shape index (κ3) is 4.85. The van der Waals surface area contributed by atoms with E-state index in [9.17, 15) is 12.8 Å². The molecule has 1 saturated heterocycles. The van der Waals surface area contributed by atoms with Crippen molar-refractivity contribution in [3.05, 3.63) is 47.5 Å². The second-order valence-corrected chi connectivity index (χ2v) is 9.21. The van der Waals surface area contributed by atoms with E-state index in [1.165, 1.54) is 29.9 Å². The molecule has 0 atom stereocenters. The van der Waals surface area contributed by atoms with Gasteiger partial charge < -0.3 is 14.8 Å². The number of benzene rings is 2. The molecule has 1 aliphatic heterocycles. The van der Waals surface area contributed by atoms with Crippen molar-refractivity contribution >= 4 is 44.2 Å². The summed E-state index contributed by atoms with van der Waals surface area (Å²) in [5.74, 6) is 0.929. The predicted octanol–water partition coefficient (Wildman–Crippen LogP) is 3.22. The van der Waals surface area contributed by atoms with Gasteiger partial charge in [-0.15, -0.1) is 0 Å². The van der Waals surface area contributed by atoms with Crippen LogP contribution in [0.2, 0.25) is 5.02 Å². The second-order valence-electron chi connectivity index (χ2n) is 7.26. The molecular formula is C20H21ClFN5O4S. The number of rotatable bonds is 6. The first kappa shape index (κ1) is 22.5. The molecule has 9 nitrogen and oxygen atoms in total. The fraction of sp³-hybridized carbons (Fsp3) is 0.300. The van der Waals surface area contributed by atoms with E-state index in [1.54, 1.807) is 18.2 Å². The van der Waals surface area contributed by atoms with E-state index in [-0.39, 0.29) is 24.2 Å². The van der Waals surface area contributed by atoms with Crippen molar-refractivity contribution < 1.29 is 22.3 Å². The van der Waals surface area contributed by atoms with Crippen LogP contribution in [0.15, 0.2) is 36.7 Å². The lowest BCUT2D eigenvalue weighted by Crippen LogP contribution is -2.44. The minimum absolute atomic E-state index is 0.00936. The molecule has 0 aliphatic carbocycles. The van der Waals surface area contributed by atoms with Gasteiger partial charge in [0.1, 0.15) is 24.1 Å². The van der Waals surface area contributed by atoms with Crippen molar-refractivity contribution in [1.29, 1.82) is 0 Å². The van der Waals surface area contributed by atoms with Gasteiger partial charge >= 0.3 is 0 Å². The van der Waals surface area contributed by atoms with E-state index in [0.717, 1.165) is 0 Å². The number of anilines is 2. The maximum Gasteiger partial charge on any atom is 0.276 e. The van der Waals surface area contributed by atoms with Crippen LogP contribution in [0.5, 0.6) is 11.5 Å². The Bertz CT molecular complexity index is 1250. The van der Waals surface area contributed by atoms with Crippen molar-refractivity contribution in [3.63, 3.8) is 0 Å². The molecule has 0 radical (unpaired) electrons. The molecule has 2 aromatic carbocycles. The molecule has 32 heavy (non-hydrogen) atoms. The lowest BCUT2D eigenvalue weighted by atomic mass is 10.1. The zero-order valence-corrected chi connectivity index (χ0v) is 18.7. The van der Waals surface area contributed by atoms with Gasteiger partial charge in [0.05, 0.1) is 17.6 Å². The molecule has 0 bridgehead atoms. The molecule has 3 N–H and O–H groups in total. The average Bonchev–Trinajstić information content (AvgIpc) is 2.76. The summed E-state index contributed by atoms with van der Waals surface area (Å²) in [4.78, 5) is 8.58. The Hall–Kier alpha value is -2.73. The maximum atomic E-state index is 13.5. The van der Waals surface area contributed by atoms with Crippen LogP contribution in [-0.2, 0) is 10.2 Å². The topological polar surface area (TPSA) is 120 Å². The van der Waals surface area contributed by atoms with Gasteiger partial charge in [0, 0.05) is 30.2 Å². The summed E-state index contributed by atoms with van der Waals surface area (Å²) in [6, 6.07) is 7.77. The van der Waals surface area contributed by atoms with Gasteiger partial charge in [-0.1, -0.05) is 11.6 Å². The fourth-order valence-corrected chi connectivity index (χ4v) is 4.41. The summed E-state index contributed by atoms with van der Waals surface area (Å²) in [7, 11) is -2.18. The normalized spacial score (nSPS) is 15.6. The lowest BCUT2D eigenvalue weighted by molar-refractivity contribution is 0.131. The molecule has 0 amide bonds. The number of nitrogens with zero attached hydrogens (tertiary/aromatic N) is 3. The number of hydrogen-bond donors (Lipinski definition) is 2. The van der Waals surface area contributed by atoms with Gasteiger partial charge in [0.2, 0.25) is 0 Å². The number of nitrogens with two attached hydrogens (primary N) is 1. The molecule has 4 rings (SSSR count). The van der Waals surface area contributed by atoms with Gasteiger partial charge in [0.15, 0.2) is 11.5 Å². The molecule has 2 heterocycles. The minimum Gasteiger partial charge on any atom is -0.493 e. The Balaban J connectivity index is 1.61. The summed E-state index contributed by atoms with van der Waals surface area (Å²) >= 11 is 5.88. The molecule has 1 fully saturated rings. The van der Waals surface area contributed by atoms with E-state index in [0.29, 0.717) is 46.7 Å². The number of hydrogen-bond acceptors (Lipinski definition) is 7. The number of fused-ring (bicyclic) bond motifs is 1. The Morgan fingerprint density at radius 1 is 1.19 bits per heavy atom. The molecule has 0 saturated carbocycles. The standard InChI is InChI=1S/C20H21ClFN5O4S/c1-30-18-10-17-14(9-19(18)31-13-4-6-27(7-5-13)32(23,28)29)20(25-11-24-17)26-12-2-3-16(22)15(21)8-12/h2-3,8-11,13H,4-7H2,1H3,(H2,23,28,29)(H,24,25,26). The highest BCUT2D eigenvalue weighted by Crippen LogP contribution is 2.36. The van der Waals surface area contributed by atoms with Crippen molar-refractivity contribution in [3.8, 4) is 11.5 Å². The van der Waals surface area contributed by atoms with Crippen molar-refractivity contribution in [2.75, 3.05) is 25.5 Å². The van der Waals surface area contributed by atoms with E-state index in [2.05, 4.69) is 15.3 Å². The SMILES string of the molecule is COc1cc2ncnc(Nc3ccc(F)c(Cl)c3)c2cc1OC1CCN(S(N)(=O)=O)CC1. The highest BCUT2D eigenvalue weighted by atomic mass is 35.5. The Morgan fingerprint density at radius 3 is 2.59 bits per heavy atom. The van der Waals surface area contributed by atoms with Crippen LogP contribution in [0.25, 0.3) is 10.9 Å². The molecule has 0 unspecified atom stereocenters. The van der Waals surface area contributed by atoms with Crippen LogP contribution < -0.4 is 19.9 Å². The van der Waals surface area contributed by atoms with Crippen LogP contribution in [0.4, 0.5) is 15.9 Å². The number of halogens is 2. The van der Waals surface area contributed by atoms with E-state index in [4.69, 9.17) is 26.2 Å². The predicted molar refractivity (Wildman–Crippen MR) is 119 cm³/mol. The van der Waals surface area contributed by atoms with Crippen molar-refractivity contribution in [1.82, 2.24) is 14.3 Å².